The van der Waals surface area contributed by atoms with Crippen molar-refractivity contribution in [2.24, 2.45) is 5.92 Å². The van der Waals surface area contributed by atoms with Gasteiger partial charge >= 0.3 is 5.97 Å². The molecule has 0 atom stereocenters. The SMILES string of the molecule is Cc1nc2c(OCC(C)C)cccn2c1C(=O)O. The molecule has 2 rings (SSSR count). The van der Waals surface area contributed by atoms with Crippen molar-refractivity contribution in [2.75, 3.05) is 6.61 Å². The van der Waals surface area contributed by atoms with Crippen LogP contribution in [0.15, 0.2) is 18.3 Å². The summed E-state index contributed by atoms with van der Waals surface area (Å²) in [5.41, 5.74) is 1.22. The topological polar surface area (TPSA) is 63.8 Å². The number of rotatable bonds is 4. The second kappa shape index (κ2) is 4.68. The average Bonchev–Trinajstić information content (AvgIpc) is 2.62. The Hall–Kier alpha value is -2.04. The molecule has 0 unspecified atom stereocenters. The van der Waals surface area contributed by atoms with Gasteiger partial charge in [0.15, 0.2) is 17.1 Å². The Morgan fingerprint density at radius 3 is 2.89 bits per heavy atom. The lowest BCUT2D eigenvalue weighted by Crippen LogP contribution is -2.06. The second-order valence-electron chi connectivity index (χ2n) is 4.62. The number of imidazole rings is 1. The number of nitrogens with zero attached hydrogens (tertiary/aromatic N) is 2. The molecule has 0 aliphatic rings. The Kier molecular flexibility index (Phi) is 3.23. The summed E-state index contributed by atoms with van der Waals surface area (Å²) < 4.78 is 7.20. The van der Waals surface area contributed by atoms with Crippen molar-refractivity contribution >= 4 is 11.6 Å². The molecular weight excluding hydrogens is 232 g/mol. The summed E-state index contributed by atoms with van der Waals surface area (Å²) in [5, 5.41) is 9.16. The molecule has 0 fully saturated rings. The fourth-order valence-corrected chi connectivity index (χ4v) is 1.78. The minimum absolute atomic E-state index is 0.181. The van der Waals surface area contributed by atoms with Gasteiger partial charge in [0.2, 0.25) is 0 Å². The first-order valence-electron chi connectivity index (χ1n) is 5.84. The van der Waals surface area contributed by atoms with Gasteiger partial charge in [0.05, 0.1) is 12.3 Å². The van der Waals surface area contributed by atoms with Gasteiger partial charge in [-0.25, -0.2) is 9.78 Å². The Morgan fingerprint density at radius 2 is 2.28 bits per heavy atom. The van der Waals surface area contributed by atoms with Crippen LogP contribution in [0.3, 0.4) is 0 Å². The smallest absolute Gasteiger partial charge is 0.354 e. The van der Waals surface area contributed by atoms with E-state index < -0.39 is 5.97 Å². The van der Waals surface area contributed by atoms with Gasteiger partial charge in [-0.3, -0.25) is 4.40 Å². The van der Waals surface area contributed by atoms with Crippen molar-refractivity contribution in [1.82, 2.24) is 9.38 Å². The van der Waals surface area contributed by atoms with Gasteiger partial charge in [-0.1, -0.05) is 13.8 Å². The molecule has 0 spiro atoms. The molecule has 0 saturated carbocycles. The Morgan fingerprint density at radius 1 is 1.56 bits per heavy atom. The first kappa shape index (κ1) is 12.4. The standard InChI is InChI=1S/C13H16N2O3/c1-8(2)7-18-10-5-4-6-15-11(13(16)17)9(3)14-12(10)15/h4-6,8H,7H2,1-3H3,(H,16,17). The quantitative estimate of drug-likeness (QED) is 0.902. The number of aromatic carboxylic acids is 1. The maximum absolute atomic E-state index is 11.2. The number of fused-ring (bicyclic) bond motifs is 1. The van der Waals surface area contributed by atoms with Crippen molar-refractivity contribution in [2.45, 2.75) is 20.8 Å². The van der Waals surface area contributed by atoms with Gasteiger partial charge in [-0.15, -0.1) is 0 Å². The van der Waals surface area contributed by atoms with Crippen LogP contribution in [0.4, 0.5) is 0 Å². The monoisotopic (exact) mass is 248 g/mol. The van der Waals surface area contributed by atoms with Gasteiger partial charge in [0.25, 0.3) is 0 Å². The van der Waals surface area contributed by atoms with Crippen LogP contribution in [0.1, 0.15) is 30.0 Å². The van der Waals surface area contributed by atoms with E-state index in [4.69, 9.17) is 9.84 Å². The number of hydrogen-bond acceptors (Lipinski definition) is 3. The number of aryl methyl sites for hydroxylation is 1. The van der Waals surface area contributed by atoms with E-state index >= 15 is 0 Å². The molecule has 1 N–H and O–H groups in total. The van der Waals surface area contributed by atoms with Crippen LogP contribution in [0.5, 0.6) is 5.75 Å². The van der Waals surface area contributed by atoms with E-state index in [0.717, 1.165) is 0 Å². The van der Waals surface area contributed by atoms with Crippen molar-refractivity contribution in [3.05, 3.63) is 29.7 Å². The van der Waals surface area contributed by atoms with Crippen LogP contribution in [0.2, 0.25) is 0 Å². The Labute approximate surface area is 105 Å². The van der Waals surface area contributed by atoms with Crippen molar-refractivity contribution in [3.8, 4) is 5.75 Å². The number of hydrogen-bond donors (Lipinski definition) is 1. The molecule has 0 saturated heterocycles. The highest BCUT2D eigenvalue weighted by Gasteiger charge is 2.17. The summed E-state index contributed by atoms with van der Waals surface area (Å²) in [7, 11) is 0. The highest BCUT2D eigenvalue weighted by atomic mass is 16.5. The summed E-state index contributed by atoms with van der Waals surface area (Å²) in [4.78, 5) is 15.4. The number of pyridine rings is 1. The molecule has 2 aromatic rings. The third-order valence-corrected chi connectivity index (χ3v) is 2.56. The fourth-order valence-electron chi connectivity index (χ4n) is 1.78. The van der Waals surface area contributed by atoms with Gasteiger partial charge in [0.1, 0.15) is 0 Å². The van der Waals surface area contributed by atoms with E-state index in [0.29, 0.717) is 29.6 Å². The van der Waals surface area contributed by atoms with E-state index in [-0.39, 0.29) is 5.69 Å². The first-order chi connectivity index (χ1) is 8.50. The van der Waals surface area contributed by atoms with Crippen molar-refractivity contribution < 1.29 is 14.6 Å². The summed E-state index contributed by atoms with van der Waals surface area (Å²) in [6.07, 6.45) is 1.68. The third-order valence-electron chi connectivity index (χ3n) is 2.56. The molecule has 2 heterocycles. The predicted octanol–water partition coefficient (Wildman–Crippen LogP) is 2.38. The van der Waals surface area contributed by atoms with E-state index in [2.05, 4.69) is 18.8 Å². The lowest BCUT2D eigenvalue weighted by Gasteiger charge is -2.09. The molecule has 0 amide bonds. The molecule has 5 nitrogen and oxygen atoms in total. The maximum Gasteiger partial charge on any atom is 0.354 e. The molecule has 0 aromatic carbocycles. The number of carboxylic acids is 1. The number of carbonyl (C=O) groups is 1. The Balaban J connectivity index is 2.50. The minimum Gasteiger partial charge on any atom is -0.489 e. The predicted molar refractivity (Wildman–Crippen MR) is 67.2 cm³/mol. The van der Waals surface area contributed by atoms with Gasteiger partial charge in [-0.05, 0) is 25.0 Å². The van der Waals surface area contributed by atoms with Gasteiger partial charge in [-0.2, -0.15) is 0 Å². The average molecular weight is 248 g/mol. The van der Waals surface area contributed by atoms with E-state index in [1.54, 1.807) is 29.7 Å². The molecule has 0 aliphatic heterocycles. The van der Waals surface area contributed by atoms with E-state index in [1.165, 1.54) is 0 Å². The molecule has 2 aromatic heterocycles. The molecule has 5 heteroatoms. The van der Waals surface area contributed by atoms with Crippen LogP contribution in [0.25, 0.3) is 5.65 Å². The zero-order valence-corrected chi connectivity index (χ0v) is 10.7. The Bertz CT molecular complexity index is 587. The van der Waals surface area contributed by atoms with Crippen LogP contribution >= 0.6 is 0 Å². The molecule has 96 valence electrons. The van der Waals surface area contributed by atoms with Crippen LogP contribution in [-0.4, -0.2) is 27.1 Å². The second-order valence-corrected chi connectivity index (χ2v) is 4.62. The molecular formula is C13H16N2O3. The molecule has 18 heavy (non-hydrogen) atoms. The normalized spacial score (nSPS) is 11.1. The molecule has 0 bridgehead atoms. The van der Waals surface area contributed by atoms with Crippen LogP contribution in [0, 0.1) is 12.8 Å². The number of aromatic nitrogens is 2. The largest absolute Gasteiger partial charge is 0.489 e. The minimum atomic E-state index is -0.985. The number of ether oxygens (including phenoxy) is 1. The van der Waals surface area contributed by atoms with Crippen LogP contribution < -0.4 is 4.74 Å². The zero-order chi connectivity index (χ0) is 13.3. The van der Waals surface area contributed by atoms with Gasteiger partial charge < -0.3 is 9.84 Å². The highest BCUT2D eigenvalue weighted by molar-refractivity contribution is 5.88. The van der Waals surface area contributed by atoms with E-state index in [1.807, 2.05) is 0 Å². The summed E-state index contributed by atoms with van der Waals surface area (Å²) in [6, 6.07) is 3.56. The van der Waals surface area contributed by atoms with E-state index in [9.17, 15) is 4.79 Å². The lowest BCUT2D eigenvalue weighted by atomic mass is 10.2. The summed E-state index contributed by atoms with van der Waals surface area (Å²) >= 11 is 0. The molecule has 0 aliphatic carbocycles. The molecule has 0 radical (unpaired) electrons. The first-order valence-corrected chi connectivity index (χ1v) is 5.84. The highest BCUT2D eigenvalue weighted by Crippen LogP contribution is 2.22. The maximum atomic E-state index is 11.2. The van der Waals surface area contributed by atoms with Gasteiger partial charge in [0, 0.05) is 6.20 Å². The summed E-state index contributed by atoms with van der Waals surface area (Å²) in [6.45, 7) is 6.37. The van der Waals surface area contributed by atoms with Crippen molar-refractivity contribution in [1.29, 1.82) is 0 Å². The zero-order valence-electron chi connectivity index (χ0n) is 10.7. The number of carboxylic acid groups (broad SMARTS) is 1. The fraction of sp³-hybridized carbons (Fsp3) is 0.385. The van der Waals surface area contributed by atoms with Crippen molar-refractivity contribution in [3.63, 3.8) is 0 Å². The lowest BCUT2D eigenvalue weighted by molar-refractivity contribution is 0.0688. The third kappa shape index (κ3) is 2.16. The van der Waals surface area contributed by atoms with Crippen LogP contribution in [-0.2, 0) is 0 Å². The summed E-state index contributed by atoms with van der Waals surface area (Å²) in [5.74, 6) is 0.0306.